The van der Waals surface area contributed by atoms with Gasteiger partial charge in [0.15, 0.2) is 0 Å². The third-order valence-electron chi connectivity index (χ3n) is 3.53. The molecule has 120 valence electrons. The summed E-state index contributed by atoms with van der Waals surface area (Å²) < 4.78 is 10.9. The third kappa shape index (κ3) is 3.35. The summed E-state index contributed by atoms with van der Waals surface area (Å²) >= 11 is 12.0. The number of rotatable bonds is 4. The maximum absolute atomic E-state index is 12.5. The van der Waals surface area contributed by atoms with E-state index in [1.165, 1.54) is 7.11 Å². The lowest BCUT2D eigenvalue weighted by atomic mass is 10.1. The molecule has 0 saturated carbocycles. The molecule has 3 rings (SSSR count). The molecule has 1 amide bonds. The number of ether oxygens (including phenoxy) is 2. The van der Waals surface area contributed by atoms with Crippen LogP contribution in [0.15, 0.2) is 36.5 Å². The Kier molecular flexibility index (Phi) is 4.59. The molecule has 0 aliphatic carbocycles. The Hall–Kier alpha value is -1.98. The number of nitrogens with zero attached hydrogens (tertiary/aromatic N) is 2. The van der Waals surface area contributed by atoms with Gasteiger partial charge >= 0.3 is 0 Å². The molecular formula is C16H14Cl2N2O3. The second-order valence-corrected chi connectivity index (χ2v) is 5.93. The van der Waals surface area contributed by atoms with Gasteiger partial charge in [-0.3, -0.25) is 4.79 Å². The van der Waals surface area contributed by atoms with Gasteiger partial charge in [0, 0.05) is 11.2 Å². The van der Waals surface area contributed by atoms with Crippen LogP contribution in [0.5, 0.6) is 11.6 Å². The van der Waals surface area contributed by atoms with E-state index in [1.807, 2.05) is 0 Å². The molecule has 0 unspecified atom stereocenters. The van der Waals surface area contributed by atoms with Gasteiger partial charge in [-0.2, -0.15) is 0 Å². The van der Waals surface area contributed by atoms with Crippen molar-refractivity contribution >= 4 is 29.1 Å². The van der Waals surface area contributed by atoms with Crippen LogP contribution in [0.3, 0.4) is 0 Å². The highest BCUT2D eigenvalue weighted by molar-refractivity contribution is 6.31. The van der Waals surface area contributed by atoms with Crippen molar-refractivity contribution in [2.45, 2.75) is 6.10 Å². The summed E-state index contributed by atoms with van der Waals surface area (Å²) in [4.78, 5) is 18.2. The van der Waals surface area contributed by atoms with E-state index < -0.39 is 0 Å². The van der Waals surface area contributed by atoms with Crippen LogP contribution in [0, 0.1) is 0 Å². The molecule has 1 fully saturated rings. The Bertz CT molecular complexity index is 733. The van der Waals surface area contributed by atoms with Crippen molar-refractivity contribution in [2.75, 3.05) is 20.2 Å². The fourth-order valence-corrected chi connectivity index (χ4v) is 2.65. The molecule has 0 bridgehead atoms. The van der Waals surface area contributed by atoms with Crippen LogP contribution in [-0.4, -0.2) is 42.1 Å². The average Bonchev–Trinajstić information content (AvgIpc) is 2.51. The lowest BCUT2D eigenvalue weighted by Gasteiger charge is -2.38. The van der Waals surface area contributed by atoms with Crippen molar-refractivity contribution in [3.8, 4) is 11.6 Å². The van der Waals surface area contributed by atoms with Crippen molar-refractivity contribution in [1.29, 1.82) is 0 Å². The van der Waals surface area contributed by atoms with Crippen molar-refractivity contribution in [3.05, 3.63) is 52.1 Å². The zero-order valence-electron chi connectivity index (χ0n) is 12.3. The second-order valence-electron chi connectivity index (χ2n) is 5.08. The predicted molar refractivity (Wildman–Crippen MR) is 87.6 cm³/mol. The van der Waals surface area contributed by atoms with Crippen molar-refractivity contribution in [3.63, 3.8) is 0 Å². The molecule has 2 aromatic rings. The summed E-state index contributed by atoms with van der Waals surface area (Å²) in [6.07, 6.45) is 1.48. The number of amides is 1. The Labute approximate surface area is 143 Å². The Balaban J connectivity index is 1.64. The first-order valence-corrected chi connectivity index (χ1v) is 7.74. The van der Waals surface area contributed by atoms with Crippen LogP contribution < -0.4 is 9.47 Å². The van der Waals surface area contributed by atoms with Gasteiger partial charge in [-0.25, -0.2) is 4.98 Å². The summed E-state index contributed by atoms with van der Waals surface area (Å²) in [5.41, 5.74) is 0.439. The monoisotopic (exact) mass is 352 g/mol. The number of methoxy groups -OCH3 is 1. The van der Waals surface area contributed by atoms with Crippen LogP contribution >= 0.6 is 23.2 Å². The van der Waals surface area contributed by atoms with Gasteiger partial charge < -0.3 is 14.4 Å². The van der Waals surface area contributed by atoms with Crippen molar-refractivity contribution < 1.29 is 14.3 Å². The van der Waals surface area contributed by atoms with E-state index in [2.05, 4.69) is 4.98 Å². The van der Waals surface area contributed by atoms with E-state index in [0.717, 1.165) is 0 Å². The number of halogens is 2. The maximum atomic E-state index is 12.5. The van der Waals surface area contributed by atoms with Gasteiger partial charge in [0.05, 0.1) is 25.8 Å². The predicted octanol–water partition coefficient (Wildman–Crippen LogP) is 3.30. The molecule has 1 saturated heterocycles. The number of benzene rings is 1. The summed E-state index contributed by atoms with van der Waals surface area (Å²) in [7, 11) is 1.52. The maximum Gasteiger partial charge on any atom is 0.257 e. The lowest BCUT2D eigenvalue weighted by molar-refractivity contribution is 0.0158. The number of hydrogen-bond donors (Lipinski definition) is 0. The molecule has 0 N–H and O–H groups in total. The van der Waals surface area contributed by atoms with Gasteiger partial charge in [0.25, 0.3) is 5.91 Å². The van der Waals surface area contributed by atoms with Crippen LogP contribution in [0.25, 0.3) is 0 Å². The second kappa shape index (κ2) is 6.64. The minimum atomic E-state index is -0.142. The highest BCUT2D eigenvalue weighted by Crippen LogP contribution is 2.28. The van der Waals surface area contributed by atoms with Crippen LogP contribution in [0.2, 0.25) is 10.0 Å². The van der Waals surface area contributed by atoms with Crippen LogP contribution in [0.4, 0.5) is 0 Å². The molecule has 1 aliphatic heterocycles. The average molecular weight is 353 g/mol. The Morgan fingerprint density at radius 3 is 2.78 bits per heavy atom. The molecule has 0 atom stereocenters. The molecule has 1 aromatic carbocycles. The highest BCUT2D eigenvalue weighted by Gasteiger charge is 2.34. The number of hydrogen-bond acceptors (Lipinski definition) is 4. The summed E-state index contributed by atoms with van der Waals surface area (Å²) in [5, 5.41) is 0.941. The van der Waals surface area contributed by atoms with E-state index in [-0.39, 0.29) is 12.0 Å². The van der Waals surface area contributed by atoms with Gasteiger partial charge in [0.1, 0.15) is 16.9 Å². The first-order chi connectivity index (χ1) is 11.1. The van der Waals surface area contributed by atoms with Gasteiger partial charge in [0.2, 0.25) is 5.88 Å². The molecule has 23 heavy (non-hydrogen) atoms. The van der Waals surface area contributed by atoms with E-state index in [9.17, 15) is 4.79 Å². The molecule has 2 heterocycles. The zero-order chi connectivity index (χ0) is 16.4. The minimum Gasteiger partial charge on any atom is -0.496 e. The largest absolute Gasteiger partial charge is 0.496 e. The van der Waals surface area contributed by atoms with Crippen LogP contribution in [0.1, 0.15) is 10.4 Å². The fourth-order valence-electron chi connectivity index (χ4n) is 2.31. The van der Waals surface area contributed by atoms with E-state index in [0.29, 0.717) is 40.3 Å². The topological polar surface area (TPSA) is 51.7 Å². The Morgan fingerprint density at radius 1 is 1.30 bits per heavy atom. The molecule has 1 aliphatic rings. The number of likely N-dealkylation sites (tertiary alicyclic amines) is 1. The smallest absolute Gasteiger partial charge is 0.257 e. The highest BCUT2D eigenvalue weighted by atomic mass is 35.5. The quantitative estimate of drug-likeness (QED) is 0.846. The summed E-state index contributed by atoms with van der Waals surface area (Å²) in [6.45, 7) is 0.919. The van der Waals surface area contributed by atoms with E-state index in [4.69, 9.17) is 32.7 Å². The molecule has 0 spiro atoms. The summed E-state index contributed by atoms with van der Waals surface area (Å²) in [6, 6.07) is 8.41. The van der Waals surface area contributed by atoms with Gasteiger partial charge in [-0.05, 0) is 30.3 Å². The third-order valence-corrected chi connectivity index (χ3v) is 4.05. The first kappa shape index (κ1) is 15.9. The van der Waals surface area contributed by atoms with Crippen LogP contribution in [-0.2, 0) is 0 Å². The molecule has 1 aromatic heterocycles. The number of aromatic nitrogens is 1. The standard InChI is InChI=1S/C16H14Cl2N2O3/c1-22-14-5-4-10(17)7-12(14)16(21)20-8-11(9-20)23-15-13(18)3-2-6-19-15/h2-7,11H,8-9H2,1H3. The number of pyridine rings is 1. The van der Waals surface area contributed by atoms with Gasteiger partial charge in [-0.15, -0.1) is 0 Å². The normalized spacial score (nSPS) is 14.3. The van der Waals surface area contributed by atoms with Crippen molar-refractivity contribution in [2.24, 2.45) is 0 Å². The lowest BCUT2D eigenvalue weighted by Crippen LogP contribution is -2.56. The van der Waals surface area contributed by atoms with E-state index in [1.54, 1.807) is 41.4 Å². The number of carbonyl (C=O) groups is 1. The first-order valence-electron chi connectivity index (χ1n) is 6.98. The molecule has 5 nitrogen and oxygen atoms in total. The number of carbonyl (C=O) groups excluding carboxylic acids is 1. The summed E-state index contributed by atoms with van der Waals surface area (Å²) in [5.74, 6) is 0.736. The molecule has 0 radical (unpaired) electrons. The zero-order valence-corrected chi connectivity index (χ0v) is 13.8. The van der Waals surface area contributed by atoms with E-state index >= 15 is 0 Å². The fraction of sp³-hybridized carbons (Fsp3) is 0.250. The molecular weight excluding hydrogens is 339 g/mol. The van der Waals surface area contributed by atoms with Gasteiger partial charge in [-0.1, -0.05) is 23.2 Å². The molecule has 7 heteroatoms. The van der Waals surface area contributed by atoms with Crippen molar-refractivity contribution in [1.82, 2.24) is 9.88 Å². The Morgan fingerprint density at radius 2 is 2.09 bits per heavy atom. The minimum absolute atomic E-state index is 0.128. The SMILES string of the molecule is COc1ccc(Cl)cc1C(=O)N1CC(Oc2ncccc2Cl)C1.